The molecule has 1 aromatic rings. The minimum absolute atomic E-state index is 0.465. The molecule has 2 rings (SSSR count). The monoisotopic (exact) mass is 206 g/mol. The molecule has 1 aliphatic rings. The van der Waals surface area contributed by atoms with Crippen LogP contribution in [0.1, 0.15) is 18.9 Å². The maximum atomic E-state index is 4.50. The summed E-state index contributed by atoms with van der Waals surface area (Å²) >= 11 is 1.86. The summed E-state index contributed by atoms with van der Waals surface area (Å²) in [6.07, 6.45) is 5.94. The molecule has 2 atom stereocenters. The Kier molecular flexibility index (Phi) is 3.19. The fourth-order valence-electron chi connectivity index (χ4n) is 1.69. The largest absolute Gasteiger partial charge is 0.282 e. The maximum absolute atomic E-state index is 4.50. The van der Waals surface area contributed by atoms with Crippen LogP contribution in [-0.2, 0) is 6.42 Å². The van der Waals surface area contributed by atoms with Gasteiger partial charge in [0.15, 0.2) is 0 Å². The van der Waals surface area contributed by atoms with Crippen molar-refractivity contribution in [2.45, 2.75) is 31.1 Å². The van der Waals surface area contributed by atoms with Gasteiger partial charge in [-0.2, -0.15) is 0 Å². The molecule has 0 aromatic carbocycles. The molecule has 0 aliphatic carbocycles. The Labute approximate surface area is 88.9 Å². The topological polar surface area (TPSA) is 25.2 Å². The summed E-state index contributed by atoms with van der Waals surface area (Å²) in [4.78, 5) is 8.52. The average Bonchev–Trinajstić information content (AvgIpc) is 2.67. The highest BCUT2D eigenvalue weighted by atomic mass is 32.2. The molecule has 2 nitrogen and oxygen atoms in total. The van der Waals surface area contributed by atoms with Gasteiger partial charge in [-0.15, -0.1) is 11.8 Å². The Bertz CT molecular complexity index is 310. The molecule has 1 aromatic heterocycles. The summed E-state index contributed by atoms with van der Waals surface area (Å²) < 4.78 is 0. The van der Waals surface area contributed by atoms with Gasteiger partial charge >= 0.3 is 0 Å². The van der Waals surface area contributed by atoms with Crippen LogP contribution in [-0.4, -0.2) is 21.8 Å². The zero-order valence-corrected chi connectivity index (χ0v) is 9.07. The van der Waals surface area contributed by atoms with Gasteiger partial charge in [0, 0.05) is 17.6 Å². The van der Waals surface area contributed by atoms with Crippen molar-refractivity contribution in [1.29, 1.82) is 0 Å². The standard InChI is InChI=1S/C11H14N2S/c1-2-11-10(13-8-14-11)7-9-3-5-12-6-4-9/h3-6,8,10-11H,2,7H2,1H3/t10-,11-/m1/s1. The molecule has 0 N–H and O–H groups in total. The van der Waals surface area contributed by atoms with E-state index >= 15 is 0 Å². The van der Waals surface area contributed by atoms with E-state index in [4.69, 9.17) is 0 Å². The second kappa shape index (κ2) is 4.60. The fourth-order valence-corrected chi connectivity index (χ4v) is 2.61. The number of hydrogen-bond acceptors (Lipinski definition) is 3. The summed E-state index contributed by atoms with van der Waals surface area (Å²) in [6.45, 7) is 2.23. The van der Waals surface area contributed by atoms with E-state index in [-0.39, 0.29) is 0 Å². The van der Waals surface area contributed by atoms with Gasteiger partial charge in [-0.05, 0) is 30.5 Å². The van der Waals surface area contributed by atoms with Gasteiger partial charge in [0.1, 0.15) is 0 Å². The minimum atomic E-state index is 0.465. The molecule has 1 aliphatic heterocycles. The summed E-state index contributed by atoms with van der Waals surface area (Å²) in [7, 11) is 0. The van der Waals surface area contributed by atoms with Gasteiger partial charge < -0.3 is 0 Å². The Balaban J connectivity index is 2.01. The second-order valence-electron chi connectivity index (χ2n) is 3.46. The first-order chi connectivity index (χ1) is 6.90. The van der Waals surface area contributed by atoms with Crippen LogP contribution in [0.2, 0.25) is 0 Å². The number of aliphatic imine (C=N–C) groups is 1. The zero-order valence-electron chi connectivity index (χ0n) is 8.26. The van der Waals surface area contributed by atoms with Crippen molar-refractivity contribution in [2.75, 3.05) is 0 Å². The average molecular weight is 206 g/mol. The Morgan fingerprint density at radius 3 is 2.86 bits per heavy atom. The van der Waals surface area contributed by atoms with Crippen molar-refractivity contribution in [2.24, 2.45) is 4.99 Å². The molecule has 2 heterocycles. The van der Waals surface area contributed by atoms with E-state index in [0.29, 0.717) is 11.3 Å². The zero-order chi connectivity index (χ0) is 9.80. The number of pyridine rings is 1. The van der Waals surface area contributed by atoms with Crippen molar-refractivity contribution in [3.05, 3.63) is 30.1 Å². The van der Waals surface area contributed by atoms with Crippen LogP contribution in [0.5, 0.6) is 0 Å². The lowest BCUT2D eigenvalue weighted by atomic mass is 10.0. The highest BCUT2D eigenvalue weighted by molar-refractivity contribution is 8.12. The van der Waals surface area contributed by atoms with Crippen LogP contribution < -0.4 is 0 Å². The van der Waals surface area contributed by atoms with Crippen molar-refractivity contribution < 1.29 is 0 Å². The van der Waals surface area contributed by atoms with E-state index < -0.39 is 0 Å². The van der Waals surface area contributed by atoms with Crippen LogP contribution in [0.4, 0.5) is 0 Å². The van der Waals surface area contributed by atoms with Crippen LogP contribution in [0.15, 0.2) is 29.5 Å². The number of rotatable bonds is 3. The lowest BCUT2D eigenvalue weighted by Gasteiger charge is -2.14. The van der Waals surface area contributed by atoms with Crippen molar-refractivity contribution in [1.82, 2.24) is 4.98 Å². The first-order valence-electron chi connectivity index (χ1n) is 4.96. The van der Waals surface area contributed by atoms with Crippen molar-refractivity contribution in [3.8, 4) is 0 Å². The third-order valence-corrected chi connectivity index (χ3v) is 3.75. The molecule has 0 saturated heterocycles. The van der Waals surface area contributed by atoms with Gasteiger partial charge in [0.25, 0.3) is 0 Å². The highest BCUT2D eigenvalue weighted by Crippen LogP contribution is 2.26. The third kappa shape index (κ3) is 2.15. The summed E-state index contributed by atoms with van der Waals surface area (Å²) in [6, 6.07) is 4.61. The predicted molar refractivity (Wildman–Crippen MR) is 61.9 cm³/mol. The SMILES string of the molecule is CC[C@H]1SC=N[C@@H]1Cc1ccncc1. The number of nitrogens with zero attached hydrogens (tertiary/aromatic N) is 2. The summed E-state index contributed by atoms with van der Waals surface area (Å²) in [5.74, 6) is 0. The highest BCUT2D eigenvalue weighted by Gasteiger charge is 2.23. The molecule has 74 valence electrons. The van der Waals surface area contributed by atoms with Crippen LogP contribution in [0.25, 0.3) is 0 Å². The number of thioether (sulfide) groups is 1. The maximum Gasteiger partial charge on any atom is 0.0668 e. The van der Waals surface area contributed by atoms with Crippen molar-refractivity contribution in [3.63, 3.8) is 0 Å². The third-order valence-electron chi connectivity index (χ3n) is 2.51. The first-order valence-corrected chi connectivity index (χ1v) is 5.90. The Hall–Kier alpha value is -0.830. The smallest absolute Gasteiger partial charge is 0.0668 e. The molecule has 0 saturated carbocycles. The fraction of sp³-hybridized carbons (Fsp3) is 0.455. The minimum Gasteiger partial charge on any atom is -0.282 e. The van der Waals surface area contributed by atoms with E-state index in [1.807, 2.05) is 29.7 Å². The molecule has 0 spiro atoms. The molecule has 0 amide bonds. The molecule has 14 heavy (non-hydrogen) atoms. The van der Waals surface area contributed by atoms with Crippen LogP contribution >= 0.6 is 11.8 Å². The van der Waals surface area contributed by atoms with E-state index in [2.05, 4.69) is 29.0 Å². The quantitative estimate of drug-likeness (QED) is 0.759. The molecule has 3 heteroatoms. The van der Waals surface area contributed by atoms with Gasteiger partial charge in [-0.1, -0.05) is 6.92 Å². The lowest BCUT2D eigenvalue weighted by Crippen LogP contribution is -2.19. The van der Waals surface area contributed by atoms with Gasteiger partial charge in [0.2, 0.25) is 0 Å². The van der Waals surface area contributed by atoms with E-state index in [0.717, 1.165) is 6.42 Å². The van der Waals surface area contributed by atoms with E-state index in [1.54, 1.807) is 0 Å². The molecule has 0 radical (unpaired) electrons. The van der Waals surface area contributed by atoms with E-state index in [1.165, 1.54) is 12.0 Å². The number of hydrogen-bond donors (Lipinski definition) is 0. The predicted octanol–water partition coefficient (Wildman–Crippen LogP) is 2.55. The number of aromatic nitrogens is 1. The molecule has 0 bridgehead atoms. The van der Waals surface area contributed by atoms with Gasteiger partial charge in [-0.25, -0.2) is 0 Å². The van der Waals surface area contributed by atoms with E-state index in [9.17, 15) is 0 Å². The molecule has 0 fully saturated rings. The van der Waals surface area contributed by atoms with Gasteiger partial charge in [0.05, 0.1) is 11.6 Å². The van der Waals surface area contributed by atoms with Crippen LogP contribution in [0, 0.1) is 0 Å². The molecular formula is C11H14N2S. The molecular weight excluding hydrogens is 192 g/mol. The summed E-state index contributed by atoms with van der Waals surface area (Å²) in [5.41, 5.74) is 3.34. The van der Waals surface area contributed by atoms with Crippen LogP contribution in [0.3, 0.4) is 0 Å². The lowest BCUT2D eigenvalue weighted by molar-refractivity contribution is 0.631. The van der Waals surface area contributed by atoms with Crippen molar-refractivity contribution >= 4 is 17.3 Å². The normalized spacial score (nSPS) is 25.5. The second-order valence-corrected chi connectivity index (χ2v) is 4.55. The Morgan fingerprint density at radius 1 is 1.36 bits per heavy atom. The Morgan fingerprint density at radius 2 is 2.14 bits per heavy atom. The van der Waals surface area contributed by atoms with Gasteiger partial charge in [-0.3, -0.25) is 9.98 Å². The first kappa shape index (κ1) is 9.71. The summed E-state index contributed by atoms with van der Waals surface area (Å²) in [5, 5.41) is 0.670. The molecule has 0 unspecified atom stereocenters.